The number of hydrogen-bond acceptors (Lipinski definition) is 4. The van der Waals surface area contributed by atoms with Crippen LogP contribution in [0.4, 0.5) is 0 Å². The highest BCUT2D eigenvalue weighted by Gasteiger charge is 2.75. The highest BCUT2D eigenvalue weighted by molar-refractivity contribution is 9.28. The first-order chi connectivity index (χ1) is 13.3. The van der Waals surface area contributed by atoms with Gasteiger partial charge < -0.3 is 9.47 Å². The maximum absolute atomic E-state index is 12.8. The summed E-state index contributed by atoms with van der Waals surface area (Å²) < 4.78 is 11.5. The second-order valence-electron chi connectivity index (χ2n) is 7.35. The maximum Gasteiger partial charge on any atom is 0.329 e. The molecule has 2 aromatic carbocycles. The largest absolute Gasteiger partial charge is 0.457 e. The van der Waals surface area contributed by atoms with Gasteiger partial charge in [-0.05, 0) is 73.5 Å². The first-order valence-corrected chi connectivity index (χ1v) is 10.3. The molecule has 2 aromatic rings. The van der Waals surface area contributed by atoms with Crippen molar-refractivity contribution in [3.05, 3.63) is 69.6 Å². The van der Waals surface area contributed by atoms with Crippen molar-refractivity contribution < 1.29 is 14.3 Å². The molecule has 0 spiro atoms. The minimum absolute atomic E-state index is 0.0757. The van der Waals surface area contributed by atoms with E-state index in [9.17, 15) is 4.79 Å². The Bertz CT molecular complexity index is 946. The highest BCUT2D eigenvalue weighted by Crippen LogP contribution is 2.72. The summed E-state index contributed by atoms with van der Waals surface area (Å²) in [5.41, 5.74) is -0.233. The quantitative estimate of drug-likeness (QED) is 0.341. The van der Waals surface area contributed by atoms with Crippen LogP contribution in [-0.2, 0) is 16.0 Å². The van der Waals surface area contributed by atoms with Crippen LogP contribution in [0.3, 0.4) is 0 Å². The fourth-order valence-corrected chi connectivity index (χ4v) is 4.50. The molecule has 144 valence electrons. The summed E-state index contributed by atoms with van der Waals surface area (Å²) in [6.45, 7) is 4.03. The predicted octanol–water partition coefficient (Wildman–Crippen LogP) is 6.32. The minimum atomic E-state index is -0.819. The predicted molar refractivity (Wildman–Crippen MR) is 114 cm³/mol. The fourth-order valence-electron chi connectivity index (χ4n) is 3.97. The van der Waals surface area contributed by atoms with Crippen LogP contribution in [0, 0.1) is 28.3 Å². The topological polar surface area (TPSA) is 59.3 Å². The van der Waals surface area contributed by atoms with Crippen molar-refractivity contribution in [2.24, 2.45) is 16.7 Å². The summed E-state index contributed by atoms with van der Waals surface area (Å²) in [7, 11) is 0. The van der Waals surface area contributed by atoms with Crippen molar-refractivity contribution in [2.45, 2.75) is 20.3 Å². The molecule has 0 bridgehead atoms. The number of nitrogens with zero attached hydrogens (tertiary/aromatic N) is 1. The lowest BCUT2D eigenvalue weighted by molar-refractivity contribution is -0.145. The summed E-state index contributed by atoms with van der Waals surface area (Å²) in [5.74, 6) is 0.860. The summed E-state index contributed by atoms with van der Waals surface area (Å²) in [5, 5.41) is 8.89. The zero-order valence-electron chi connectivity index (χ0n) is 15.5. The van der Waals surface area contributed by atoms with Gasteiger partial charge in [-0.1, -0.05) is 50.3 Å². The normalized spacial score (nSPS) is 21.9. The van der Waals surface area contributed by atoms with Crippen molar-refractivity contribution in [1.29, 1.82) is 5.26 Å². The van der Waals surface area contributed by atoms with E-state index in [1.165, 1.54) is 6.26 Å². The molecule has 0 N–H and O–H groups in total. The Morgan fingerprint density at radius 1 is 1.14 bits per heavy atom. The number of ether oxygens (including phenoxy) is 2. The van der Waals surface area contributed by atoms with Crippen molar-refractivity contribution in [1.82, 2.24) is 0 Å². The summed E-state index contributed by atoms with van der Waals surface area (Å²) in [4.78, 5) is 12.8. The molecule has 0 amide bonds. The van der Waals surface area contributed by atoms with Crippen molar-refractivity contribution >= 4 is 37.8 Å². The van der Waals surface area contributed by atoms with Crippen LogP contribution >= 0.6 is 31.9 Å². The maximum atomic E-state index is 12.8. The third-order valence-corrected chi connectivity index (χ3v) is 6.06. The number of para-hydroxylation sites is 1. The third-order valence-electron chi connectivity index (χ3n) is 5.53. The SMILES string of the molecule is CC1(C)C(C=C(Br)Br)C1(Cc1cccc(Oc2ccccc2)c1)C(=O)OC#N. The van der Waals surface area contributed by atoms with Crippen LogP contribution in [0.25, 0.3) is 0 Å². The molecular formula is C22H19Br2NO3. The number of rotatable bonds is 6. The average molecular weight is 505 g/mol. The van der Waals surface area contributed by atoms with Gasteiger partial charge in [-0.15, -0.1) is 5.26 Å². The zero-order chi connectivity index (χ0) is 20.4. The van der Waals surface area contributed by atoms with Gasteiger partial charge in [-0.3, -0.25) is 4.79 Å². The molecule has 1 aliphatic rings. The van der Waals surface area contributed by atoms with Crippen molar-refractivity contribution in [3.63, 3.8) is 0 Å². The van der Waals surface area contributed by atoms with Gasteiger partial charge in [0.15, 0.2) is 0 Å². The number of hydrogen-bond donors (Lipinski definition) is 0. The monoisotopic (exact) mass is 503 g/mol. The first-order valence-electron chi connectivity index (χ1n) is 8.76. The second kappa shape index (κ2) is 8.10. The smallest absolute Gasteiger partial charge is 0.329 e. The fraction of sp³-hybridized carbons (Fsp3) is 0.273. The van der Waals surface area contributed by atoms with E-state index >= 15 is 0 Å². The van der Waals surface area contributed by atoms with Gasteiger partial charge in [0.05, 0.1) is 8.81 Å². The van der Waals surface area contributed by atoms with Crippen LogP contribution < -0.4 is 4.74 Å². The van der Waals surface area contributed by atoms with Crippen molar-refractivity contribution in [2.75, 3.05) is 0 Å². The standard InChI is InChI=1S/C22H19Br2NO3/c1-21(2)18(12-19(23)24)22(21,20(26)27-14-25)13-15-7-6-10-17(11-15)28-16-8-4-3-5-9-16/h3-12,18H,13H2,1-2H3. The molecule has 6 heteroatoms. The molecule has 0 radical (unpaired) electrons. The van der Waals surface area contributed by atoms with Crippen LogP contribution in [0.1, 0.15) is 19.4 Å². The molecule has 0 saturated heterocycles. The van der Waals surface area contributed by atoms with E-state index in [-0.39, 0.29) is 11.3 Å². The van der Waals surface area contributed by atoms with Crippen LogP contribution in [-0.4, -0.2) is 5.97 Å². The zero-order valence-corrected chi connectivity index (χ0v) is 18.7. The van der Waals surface area contributed by atoms with Gasteiger partial charge in [0.2, 0.25) is 0 Å². The summed E-state index contributed by atoms with van der Waals surface area (Å²) >= 11 is 6.76. The highest BCUT2D eigenvalue weighted by atomic mass is 79.9. The Morgan fingerprint density at radius 2 is 1.82 bits per heavy atom. The van der Waals surface area contributed by atoms with E-state index in [0.717, 1.165) is 14.7 Å². The number of halogens is 2. The number of carbonyl (C=O) groups excluding carboxylic acids is 1. The van der Waals surface area contributed by atoms with Gasteiger partial charge in [0.1, 0.15) is 11.5 Å². The molecule has 1 saturated carbocycles. The third kappa shape index (κ3) is 3.87. The van der Waals surface area contributed by atoms with E-state index in [1.54, 1.807) is 0 Å². The van der Waals surface area contributed by atoms with Gasteiger partial charge in [0.25, 0.3) is 6.26 Å². The Labute approximate surface area is 181 Å². The molecule has 2 unspecified atom stereocenters. The lowest BCUT2D eigenvalue weighted by atomic mass is 9.88. The minimum Gasteiger partial charge on any atom is -0.457 e. The van der Waals surface area contributed by atoms with E-state index < -0.39 is 11.4 Å². The van der Waals surface area contributed by atoms with Gasteiger partial charge in [0, 0.05) is 5.92 Å². The number of nitriles is 1. The summed E-state index contributed by atoms with van der Waals surface area (Å²) in [6.07, 6.45) is 3.93. The van der Waals surface area contributed by atoms with Crippen LogP contribution in [0.15, 0.2) is 64.1 Å². The lowest BCUT2D eigenvalue weighted by Crippen LogP contribution is -2.26. The van der Waals surface area contributed by atoms with Gasteiger partial charge in [-0.25, -0.2) is 0 Å². The molecule has 28 heavy (non-hydrogen) atoms. The number of benzene rings is 2. The number of esters is 1. The van der Waals surface area contributed by atoms with E-state index in [4.69, 9.17) is 14.7 Å². The van der Waals surface area contributed by atoms with Crippen LogP contribution in [0.5, 0.6) is 11.5 Å². The molecule has 3 rings (SSSR count). The van der Waals surface area contributed by atoms with E-state index in [2.05, 4.69) is 31.9 Å². The van der Waals surface area contributed by atoms with Crippen LogP contribution in [0.2, 0.25) is 0 Å². The molecule has 1 fully saturated rings. The molecule has 4 nitrogen and oxygen atoms in total. The van der Waals surface area contributed by atoms with Gasteiger partial charge in [-0.2, -0.15) is 0 Å². The molecule has 0 aliphatic heterocycles. The molecule has 2 atom stereocenters. The van der Waals surface area contributed by atoms with Crippen molar-refractivity contribution in [3.8, 4) is 17.8 Å². The molecule has 0 heterocycles. The number of carbonyl (C=O) groups is 1. The first kappa shape index (κ1) is 20.6. The molecular weight excluding hydrogens is 486 g/mol. The summed E-state index contributed by atoms with van der Waals surface area (Å²) in [6, 6.07) is 17.2. The Morgan fingerprint density at radius 3 is 2.46 bits per heavy atom. The lowest BCUT2D eigenvalue weighted by Gasteiger charge is -2.17. The Hall–Kier alpha value is -2.10. The number of allylic oxidation sites excluding steroid dienone is 1. The Kier molecular flexibility index (Phi) is 5.97. The van der Waals surface area contributed by atoms with E-state index in [0.29, 0.717) is 12.2 Å². The second-order valence-corrected chi connectivity index (χ2v) is 10.1. The molecule has 1 aliphatic carbocycles. The van der Waals surface area contributed by atoms with Gasteiger partial charge >= 0.3 is 5.97 Å². The Balaban J connectivity index is 1.91. The average Bonchev–Trinajstić information content (AvgIpc) is 3.10. The molecule has 0 aromatic heterocycles. The van der Waals surface area contributed by atoms with E-state index in [1.807, 2.05) is 74.5 Å².